The molecule has 1 heterocycles. The molecule has 4 atom stereocenters. The molecule has 3 rings (SSSR count). The number of fused-ring (bicyclic) bond motifs is 2. The first-order valence-corrected chi connectivity index (χ1v) is 8.32. The zero-order valence-corrected chi connectivity index (χ0v) is 13.4. The van der Waals surface area contributed by atoms with Crippen molar-refractivity contribution in [2.75, 3.05) is 6.54 Å². The second-order valence-electron chi connectivity index (χ2n) is 7.16. The zero-order chi connectivity index (χ0) is 15.0. The highest BCUT2D eigenvalue weighted by molar-refractivity contribution is 5.76. The fourth-order valence-electron chi connectivity index (χ4n) is 4.38. The largest absolute Gasteiger partial charge is 0.354 e. The third-order valence-electron chi connectivity index (χ3n) is 5.39. The van der Waals surface area contributed by atoms with Crippen LogP contribution in [-0.2, 0) is 4.79 Å². The molecule has 0 saturated heterocycles. The van der Waals surface area contributed by atoms with Crippen LogP contribution in [0.25, 0.3) is 0 Å². The van der Waals surface area contributed by atoms with E-state index in [4.69, 9.17) is 0 Å². The van der Waals surface area contributed by atoms with Gasteiger partial charge in [0.1, 0.15) is 0 Å². The maximum Gasteiger partial charge on any atom is 0.220 e. The molecule has 1 aromatic heterocycles. The predicted molar refractivity (Wildman–Crippen MR) is 83.0 cm³/mol. The fraction of sp³-hybridized carbons (Fsp3) is 0.765. The van der Waals surface area contributed by atoms with Gasteiger partial charge in [-0.2, -0.15) is 5.10 Å². The number of aromatic nitrogens is 2. The number of hydrogen-bond acceptors (Lipinski definition) is 2. The van der Waals surface area contributed by atoms with Gasteiger partial charge in [0.15, 0.2) is 0 Å². The van der Waals surface area contributed by atoms with Crippen LogP contribution in [0, 0.1) is 31.6 Å². The van der Waals surface area contributed by atoms with Crippen LogP contribution < -0.4 is 5.32 Å². The number of aryl methyl sites for hydroxylation is 2. The van der Waals surface area contributed by atoms with Crippen molar-refractivity contribution in [1.82, 2.24) is 15.1 Å². The van der Waals surface area contributed by atoms with Crippen LogP contribution in [0.3, 0.4) is 0 Å². The molecule has 2 saturated carbocycles. The lowest BCUT2D eigenvalue weighted by atomic mass is 9.86. The Morgan fingerprint density at radius 2 is 2.24 bits per heavy atom. The van der Waals surface area contributed by atoms with E-state index in [1.807, 2.05) is 11.6 Å². The maximum absolute atomic E-state index is 12.2. The van der Waals surface area contributed by atoms with Crippen LogP contribution in [0.2, 0.25) is 0 Å². The van der Waals surface area contributed by atoms with E-state index in [0.29, 0.717) is 12.5 Å². The summed E-state index contributed by atoms with van der Waals surface area (Å²) in [4.78, 5) is 12.2. The van der Waals surface area contributed by atoms with E-state index in [1.54, 1.807) is 0 Å². The third kappa shape index (κ3) is 3.14. The van der Waals surface area contributed by atoms with Gasteiger partial charge in [-0.15, -0.1) is 0 Å². The van der Waals surface area contributed by atoms with Crippen LogP contribution in [-0.4, -0.2) is 22.2 Å². The quantitative estimate of drug-likeness (QED) is 0.905. The summed E-state index contributed by atoms with van der Waals surface area (Å²) in [5, 5.41) is 7.59. The fourth-order valence-corrected chi connectivity index (χ4v) is 4.38. The summed E-state index contributed by atoms with van der Waals surface area (Å²) in [6, 6.07) is 2.29. The van der Waals surface area contributed by atoms with Gasteiger partial charge in [0.25, 0.3) is 0 Å². The highest BCUT2D eigenvalue weighted by Crippen LogP contribution is 2.49. The molecule has 116 valence electrons. The summed E-state index contributed by atoms with van der Waals surface area (Å²) < 4.78 is 2.01. The van der Waals surface area contributed by atoms with Gasteiger partial charge in [0.2, 0.25) is 5.91 Å². The second kappa shape index (κ2) is 5.82. The Morgan fingerprint density at radius 3 is 2.81 bits per heavy atom. The molecule has 4 nitrogen and oxygen atoms in total. The topological polar surface area (TPSA) is 46.9 Å². The lowest BCUT2D eigenvalue weighted by Gasteiger charge is -2.21. The predicted octanol–water partition coefficient (Wildman–Crippen LogP) is 3.00. The van der Waals surface area contributed by atoms with Gasteiger partial charge in [-0.1, -0.05) is 6.42 Å². The smallest absolute Gasteiger partial charge is 0.220 e. The number of amides is 1. The molecule has 1 N–H and O–H groups in total. The first-order chi connectivity index (χ1) is 10.0. The first kappa shape index (κ1) is 14.6. The van der Waals surface area contributed by atoms with Crippen LogP contribution >= 0.6 is 0 Å². The second-order valence-corrected chi connectivity index (χ2v) is 7.16. The monoisotopic (exact) mass is 289 g/mol. The Bertz CT molecular complexity index is 522. The lowest BCUT2D eigenvalue weighted by Crippen LogP contribution is -2.32. The van der Waals surface area contributed by atoms with E-state index in [-0.39, 0.29) is 11.9 Å². The molecule has 0 unspecified atom stereocenters. The van der Waals surface area contributed by atoms with E-state index < -0.39 is 0 Å². The van der Waals surface area contributed by atoms with Crippen molar-refractivity contribution >= 4 is 5.91 Å². The molecule has 2 fully saturated rings. The molecule has 2 aliphatic rings. The van der Waals surface area contributed by atoms with Crippen molar-refractivity contribution in [3.8, 4) is 0 Å². The zero-order valence-electron chi connectivity index (χ0n) is 13.4. The van der Waals surface area contributed by atoms with E-state index in [1.165, 1.54) is 25.7 Å². The van der Waals surface area contributed by atoms with Gasteiger partial charge in [0, 0.05) is 18.7 Å². The summed E-state index contributed by atoms with van der Waals surface area (Å²) in [5.74, 6) is 2.62. The van der Waals surface area contributed by atoms with Crippen LogP contribution in [0.4, 0.5) is 0 Å². The van der Waals surface area contributed by atoms with Gasteiger partial charge < -0.3 is 5.32 Å². The molecule has 4 heteroatoms. The highest BCUT2D eigenvalue weighted by Gasteiger charge is 2.40. The van der Waals surface area contributed by atoms with Gasteiger partial charge in [-0.3, -0.25) is 9.48 Å². The number of carbonyl (C=O) groups is 1. The van der Waals surface area contributed by atoms with Crippen molar-refractivity contribution in [3.05, 3.63) is 17.5 Å². The van der Waals surface area contributed by atoms with Crippen molar-refractivity contribution < 1.29 is 4.79 Å². The van der Waals surface area contributed by atoms with Crippen molar-refractivity contribution in [1.29, 1.82) is 0 Å². The molecule has 2 bridgehead atoms. The average Bonchev–Trinajstić information content (AvgIpc) is 3.11. The highest BCUT2D eigenvalue weighted by atomic mass is 16.1. The number of carbonyl (C=O) groups excluding carboxylic acids is 1. The van der Waals surface area contributed by atoms with Crippen LogP contribution in [0.1, 0.15) is 56.5 Å². The molecular weight excluding hydrogens is 262 g/mol. The molecule has 0 radical (unpaired) electrons. The van der Waals surface area contributed by atoms with E-state index in [2.05, 4.69) is 30.3 Å². The first-order valence-electron chi connectivity index (χ1n) is 8.32. The summed E-state index contributed by atoms with van der Waals surface area (Å²) in [5.41, 5.74) is 2.19. The van der Waals surface area contributed by atoms with E-state index >= 15 is 0 Å². The van der Waals surface area contributed by atoms with Gasteiger partial charge in [-0.25, -0.2) is 0 Å². The SMILES string of the molecule is Cc1cc(C)n([C@@H](C)CNC(=O)C[C@@H]2C[C@@H]3CC[C@@H]2C3)n1. The molecule has 1 aromatic rings. The van der Waals surface area contributed by atoms with Gasteiger partial charge in [0.05, 0.1) is 11.7 Å². The Morgan fingerprint density at radius 1 is 1.43 bits per heavy atom. The van der Waals surface area contributed by atoms with E-state index in [9.17, 15) is 4.79 Å². The Kier molecular flexibility index (Phi) is 4.05. The van der Waals surface area contributed by atoms with Crippen molar-refractivity contribution in [3.63, 3.8) is 0 Å². The standard InChI is InChI=1S/C17H27N3O/c1-11-6-12(2)20(19-11)13(3)10-18-17(21)9-16-8-14-4-5-15(16)7-14/h6,13-16H,4-5,7-10H2,1-3H3,(H,18,21)/t13-,14+,15+,16-/m0/s1. The molecule has 0 aromatic carbocycles. The van der Waals surface area contributed by atoms with Crippen LogP contribution in [0.15, 0.2) is 6.07 Å². The average molecular weight is 289 g/mol. The minimum absolute atomic E-state index is 0.211. The minimum atomic E-state index is 0.211. The third-order valence-corrected chi connectivity index (χ3v) is 5.39. The lowest BCUT2D eigenvalue weighted by molar-refractivity contribution is -0.122. The molecule has 2 aliphatic carbocycles. The van der Waals surface area contributed by atoms with E-state index in [0.717, 1.165) is 29.6 Å². The number of rotatable bonds is 5. The Hall–Kier alpha value is -1.32. The minimum Gasteiger partial charge on any atom is -0.354 e. The number of nitrogens with one attached hydrogen (secondary N) is 1. The number of hydrogen-bond donors (Lipinski definition) is 1. The molecule has 0 aliphatic heterocycles. The number of nitrogens with zero attached hydrogens (tertiary/aromatic N) is 2. The summed E-state index contributed by atoms with van der Waals surface area (Å²) in [6.07, 6.45) is 6.14. The Balaban J connectivity index is 1.46. The van der Waals surface area contributed by atoms with Gasteiger partial charge >= 0.3 is 0 Å². The van der Waals surface area contributed by atoms with Gasteiger partial charge in [-0.05, 0) is 63.9 Å². The molecule has 1 amide bonds. The molecular formula is C17H27N3O. The summed E-state index contributed by atoms with van der Waals surface area (Å²) in [7, 11) is 0. The summed E-state index contributed by atoms with van der Waals surface area (Å²) >= 11 is 0. The van der Waals surface area contributed by atoms with Crippen molar-refractivity contribution in [2.45, 2.75) is 58.9 Å². The normalized spacial score (nSPS) is 28.8. The van der Waals surface area contributed by atoms with Crippen molar-refractivity contribution in [2.24, 2.45) is 17.8 Å². The molecule has 21 heavy (non-hydrogen) atoms. The van der Waals surface area contributed by atoms with Crippen LogP contribution in [0.5, 0.6) is 0 Å². The maximum atomic E-state index is 12.2. The summed E-state index contributed by atoms with van der Waals surface area (Å²) in [6.45, 7) is 6.84. The molecule has 0 spiro atoms. The Labute approximate surface area is 127 Å².